The Kier molecular flexibility index (Phi) is 3.90. The van der Waals surface area contributed by atoms with Crippen LogP contribution in [-0.2, 0) is 0 Å². The van der Waals surface area contributed by atoms with E-state index >= 15 is 0 Å². The summed E-state index contributed by atoms with van der Waals surface area (Å²) in [5.74, 6) is -0.926. The van der Waals surface area contributed by atoms with Gasteiger partial charge in [-0.1, -0.05) is 12.1 Å². The molecule has 0 fully saturated rings. The van der Waals surface area contributed by atoms with E-state index in [-0.39, 0.29) is 11.6 Å². The van der Waals surface area contributed by atoms with E-state index < -0.39 is 11.7 Å². The van der Waals surface area contributed by atoms with Crippen molar-refractivity contribution in [2.45, 2.75) is 19.9 Å². The lowest BCUT2D eigenvalue weighted by Crippen LogP contribution is -2.27. The van der Waals surface area contributed by atoms with Crippen LogP contribution in [0.3, 0.4) is 0 Å². The van der Waals surface area contributed by atoms with Crippen LogP contribution < -0.4 is 5.32 Å². The first-order valence-corrected chi connectivity index (χ1v) is 6.05. The molecule has 19 heavy (non-hydrogen) atoms. The third kappa shape index (κ3) is 3.16. The lowest BCUT2D eigenvalue weighted by molar-refractivity contribution is 0.0936. The Morgan fingerprint density at radius 3 is 2.79 bits per heavy atom. The number of hydrogen-bond donors (Lipinski definition) is 1. The van der Waals surface area contributed by atoms with E-state index in [0.29, 0.717) is 0 Å². The van der Waals surface area contributed by atoms with Crippen molar-refractivity contribution in [1.82, 2.24) is 10.3 Å². The summed E-state index contributed by atoms with van der Waals surface area (Å²) in [5, 5.41) is 2.75. The van der Waals surface area contributed by atoms with Crippen LogP contribution in [-0.4, -0.2) is 10.9 Å². The molecular formula is C15H15FN2O. The lowest BCUT2D eigenvalue weighted by Gasteiger charge is -2.14. The fourth-order valence-electron chi connectivity index (χ4n) is 1.79. The maximum absolute atomic E-state index is 13.7. The second kappa shape index (κ2) is 5.61. The molecule has 1 amide bonds. The highest BCUT2D eigenvalue weighted by molar-refractivity contribution is 5.94. The highest BCUT2D eigenvalue weighted by Crippen LogP contribution is 2.14. The minimum Gasteiger partial charge on any atom is -0.345 e. The number of halogens is 1. The van der Waals surface area contributed by atoms with Gasteiger partial charge in [0, 0.05) is 12.4 Å². The average Bonchev–Trinajstić information content (AvgIpc) is 2.39. The van der Waals surface area contributed by atoms with Crippen LogP contribution in [0.2, 0.25) is 0 Å². The second-order valence-corrected chi connectivity index (χ2v) is 4.46. The molecular weight excluding hydrogens is 243 g/mol. The van der Waals surface area contributed by atoms with Crippen LogP contribution in [0.25, 0.3) is 0 Å². The first-order chi connectivity index (χ1) is 9.08. The fourth-order valence-corrected chi connectivity index (χ4v) is 1.79. The fraction of sp³-hybridized carbons (Fsp3) is 0.200. The summed E-state index contributed by atoms with van der Waals surface area (Å²) in [6, 6.07) is 8.00. The highest BCUT2D eigenvalue weighted by atomic mass is 19.1. The minimum atomic E-state index is -0.504. The van der Waals surface area contributed by atoms with Gasteiger partial charge < -0.3 is 5.32 Å². The molecule has 0 saturated heterocycles. The molecule has 0 saturated carbocycles. The predicted molar refractivity (Wildman–Crippen MR) is 71.3 cm³/mol. The van der Waals surface area contributed by atoms with Crippen molar-refractivity contribution < 1.29 is 9.18 Å². The number of benzene rings is 1. The van der Waals surface area contributed by atoms with Gasteiger partial charge in [0.15, 0.2) is 0 Å². The first kappa shape index (κ1) is 13.2. The van der Waals surface area contributed by atoms with Crippen molar-refractivity contribution in [2.24, 2.45) is 0 Å². The lowest BCUT2D eigenvalue weighted by atomic mass is 10.1. The average molecular weight is 258 g/mol. The summed E-state index contributed by atoms with van der Waals surface area (Å²) < 4.78 is 13.7. The summed E-state index contributed by atoms with van der Waals surface area (Å²) in [7, 11) is 0. The minimum absolute atomic E-state index is 0.0568. The number of carbonyl (C=O) groups excluding carboxylic acids is 1. The maximum Gasteiger partial charge on any atom is 0.254 e. The molecule has 3 nitrogen and oxygen atoms in total. The molecule has 98 valence electrons. The molecule has 0 radical (unpaired) electrons. The highest BCUT2D eigenvalue weighted by Gasteiger charge is 2.15. The van der Waals surface area contributed by atoms with Crippen molar-refractivity contribution in [3.05, 3.63) is 65.2 Å². The Balaban J connectivity index is 2.13. The summed E-state index contributed by atoms with van der Waals surface area (Å²) >= 11 is 0. The van der Waals surface area contributed by atoms with Gasteiger partial charge in [-0.15, -0.1) is 0 Å². The SMILES string of the molecule is Cc1ccc(C(=O)NC(C)c2cccnc2)c(F)c1. The van der Waals surface area contributed by atoms with Gasteiger partial charge in [-0.2, -0.15) is 0 Å². The topological polar surface area (TPSA) is 42.0 Å². The molecule has 1 unspecified atom stereocenters. The molecule has 1 N–H and O–H groups in total. The van der Waals surface area contributed by atoms with Gasteiger partial charge in [0.05, 0.1) is 11.6 Å². The third-order valence-electron chi connectivity index (χ3n) is 2.90. The maximum atomic E-state index is 13.7. The van der Waals surface area contributed by atoms with E-state index in [1.807, 2.05) is 13.0 Å². The molecule has 0 spiro atoms. The Bertz CT molecular complexity index is 584. The Morgan fingerprint density at radius 2 is 2.16 bits per heavy atom. The predicted octanol–water partition coefficient (Wildman–Crippen LogP) is 3.02. The number of pyridine rings is 1. The number of nitrogens with one attached hydrogen (secondary N) is 1. The normalized spacial score (nSPS) is 11.9. The zero-order valence-corrected chi connectivity index (χ0v) is 10.9. The number of nitrogens with zero attached hydrogens (tertiary/aromatic N) is 1. The van der Waals surface area contributed by atoms with Gasteiger partial charge in [-0.05, 0) is 43.2 Å². The van der Waals surface area contributed by atoms with Gasteiger partial charge in [0.2, 0.25) is 0 Å². The summed E-state index contributed by atoms with van der Waals surface area (Å²) in [4.78, 5) is 16.0. The molecule has 0 aliphatic rings. The number of amides is 1. The van der Waals surface area contributed by atoms with Crippen molar-refractivity contribution in [3.8, 4) is 0 Å². The Labute approximate surface area is 111 Å². The van der Waals surface area contributed by atoms with Crippen molar-refractivity contribution >= 4 is 5.91 Å². The third-order valence-corrected chi connectivity index (χ3v) is 2.90. The smallest absolute Gasteiger partial charge is 0.254 e. The Hall–Kier alpha value is -2.23. The zero-order chi connectivity index (χ0) is 13.8. The van der Waals surface area contributed by atoms with E-state index in [4.69, 9.17) is 0 Å². The zero-order valence-electron chi connectivity index (χ0n) is 10.9. The van der Waals surface area contributed by atoms with Crippen molar-refractivity contribution in [1.29, 1.82) is 0 Å². The van der Waals surface area contributed by atoms with Gasteiger partial charge in [0.1, 0.15) is 5.82 Å². The van der Waals surface area contributed by atoms with Gasteiger partial charge in [-0.3, -0.25) is 9.78 Å². The van der Waals surface area contributed by atoms with Crippen LogP contribution >= 0.6 is 0 Å². The first-order valence-electron chi connectivity index (χ1n) is 6.05. The van der Waals surface area contributed by atoms with E-state index in [9.17, 15) is 9.18 Å². The van der Waals surface area contributed by atoms with Gasteiger partial charge in [-0.25, -0.2) is 4.39 Å². The van der Waals surface area contributed by atoms with Gasteiger partial charge >= 0.3 is 0 Å². The van der Waals surface area contributed by atoms with Crippen molar-refractivity contribution in [2.75, 3.05) is 0 Å². The van der Waals surface area contributed by atoms with Crippen LogP contribution in [0.15, 0.2) is 42.7 Å². The van der Waals surface area contributed by atoms with Crippen LogP contribution in [0.4, 0.5) is 4.39 Å². The summed E-state index contributed by atoms with van der Waals surface area (Å²) in [6.07, 6.45) is 3.34. The second-order valence-electron chi connectivity index (χ2n) is 4.46. The van der Waals surface area contributed by atoms with Gasteiger partial charge in [0.25, 0.3) is 5.91 Å². The van der Waals surface area contributed by atoms with E-state index in [0.717, 1.165) is 11.1 Å². The molecule has 0 aliphatic carbocycles. The molecule has 0 bridgehead atoms. The number of hydrogen-bond acceptors (Lipinski definition) is 2. The molecule has 1 atom stereocenters. The van der Waals surface area contributed by atoms with E-state index in [1.54, 1.807) is 31.5 Å². The largest absolute Gasteiger partial charge is 0.345 e. The summed E-state index contributed by atoms with van der Waals surface area (Å²) in [5.41, 5.74) is 1.72. The standard InChI is InChI=1S/C15H15FN2O/c1-10-5-6-13(14(16)8-10)15(19)18-11(2)12-4-3-7-17-9-12/h3-9,11H,1-2H3,(H,18,19). The number of rotatable bonds is 3. The molecule has 2 aromatic rings. The van der Waals surface area contributed by atoms with Crippen LogP contribution in [0, 0.1) is 12.7 Å². The number of carbonyl (C=O) groups is 1. The van der Waals surface area contributed by atoms with Crippen LogP contribution in [0.1, 0.15) is 34.5 Å². The van der Waals surface area contributed by atoms with E-state index in [2.05, 4.69) is 10.3 Å². The molecule has 1 aromatic heterocycles. The summed E-state index contributed by atoms with van der Waals surface area (Å²) in [6.45, 7) is 3.62. The molecule has 1 heterocycles. The van der Waals surface area contributed by atoms with Crippen molar-refractivity contribution in [3.63, 3.8) is 0 Å². The molecule has 4 heteroatoms. The molecule has 1 aromatic carbocycles. The monoisotopic (exact) mass is 258 g/mol. The number of aryl methyl sites for hydroxylation is 1. The Morgan fingerprint density at radius 1 is 1.37 bits per heavy atom. The quantitative estimate of drug-likeness (QED) is 0.919. The number of aromatic nitrogens is 1. The van der Waals surface area contributed by atoms with Crippen LogP contribution in [0.5, 0.6) is 0 Å². The van der Waals surface area contributed by atoms with E-state index in [1.165, 1.54) is 12.1 Å². The molecule has 0 aliphatic heterocycles. The molecule has 2 rings (SSSR count).